The summed E-state index contributed by atoms with van der Waals surface area (Å²) in [5, 5.41) is 0.523. The second-order valence-corrected chi connectivity index (χ2v) is 7.77. The molecule has 1 aliphatic rings. The van der Waals surface area contributed by atoms with Crippen LogP contribution in [0.15, 0.2) is 47.3 Å². The minimum atomic E-state index is -0.509. The number of benzene rings is 2. The van der Waals surface area contributed by atoms with E-state index >= 15 is 0 Å². The maximum absolute atomic E-state index is 13.2. The van der Waals surface area contributed by atoms with Crippen LogP contribution in [0.1, 0.15) is 16.2 Å². The fourth-order valence-corrected chi connectivity index (χ4v) is 3.94. The van der Waals surface area contributed by atoms with Crippen LogP contribution >= 0.6 is 11.6 Å². The molecule has 0 spiro atoms. The SMILES string of the molecule is Cc1nc2ccccc2c(=O)n1CC(=O)N1CCN(C(=O)c2ccc(F)cc2Cl)CC1. The van der Waals surface area contributed by atoms with Gasteiger partial charge in [-0.1, -0.05) is 23.7 Å². The molecular weight excluding hydrogens is 423 g/mol. The van der Waals surface area contributed by atoms with Crippen molar-refractivity contribution in [3.63, 3.8) is 0 Å². The van der Waals surface area contributed by atoms with E-state index in [4.69, 9.17) is 11.6 Å². The quantitative estimate of drug-likeness (QED) is 0.624. The fourth-order valence-electron chi connectivity index (χ4n) is 3.69. The van der Waals surface area contributed by atoms with Gasteiger partial charge in [0.25, 0.3) is 11.5 Å². The molecule has 2 amide bonds. The molecule has 0 radical (unpaired) electrons. The molecule has 1 aromatic heterocycles. The molecule has 1 saturated heterocycles. The molecule has 1 aliphatic heterocycles. The van der Waals surface area contributed by atoms with Crippen LogP contribution < -0.4 is 5.56 Å². The Hall–Kier alpha value is -3.26. The number of amides is 2. The molecule has 9 heteroatoms. The van der Waals surface area contributed by atoms with E-state index in [1.54, 1.807) is 34.9 Å². The first kappa shape index (κ1) is 21.0. The van der Waals surface area contributed by atoms with Crippen molar-refractivity contribution in [2.45, 2.75) is 13.5 Å². The van der Waals surface area contributed by atoms with Crippen molar-refractivity contribution in [2.24, 2.45) is 0 Å². The summed E-state index contributed by atoms with van der Waals surface area (Å²) in [7, 11) is 0. The number of rotatable bonds is 3. The van der Waals surface area contributed by atoms with Gasteiger partial charge in [-0.15, -0.1) is 0 Å². The predicted octanol–water partition coefficient (Wildman–Crippen LogP) is 2.48. The lowest BCUT2D eigenvalue weighted by atomic mass is 10.1. The number of hydrogen-bond acceptors (Lipinski definition) is 4. The summed E-state index contributed by atoms with van der Waals surface area (Å²) >= 11 is 5.99. The summed E-state index contributed by atoms with van der Waals surface area (Å²) in [5.41, 5.74) is 0.573. The number of fused-ring (bicyclic) bond motifs is 1. The maximum Gasteiger partial charge on any atom is 0.261 e. The molecule has 3 aromatic rings. The van der Waals surface area contributed by atoms with Crippen molar-refractivity contribution in [3.8, 4) is 0 Å². The highest BCUT2D eigenvalue weighted by Crippen LogP contribution is 2.20. The Morgan fingerprint density at radius 3 is 2.45 bits per heavy atom. The largest absolute Gasteiger partial charge is 0.338 e. The first-order chi connectivity index (χ1) is 14.8. The number of nitrogens with zero attached hydrogens (tertiary/aromatic N) is 4. The lowest BCUT2D eigenvalue weighted by molar-refractivity contribution is -0.133. The average molecular weight is 443 g/mol. The number of para-hydroxylation sites is 1. The summed E-state index contributed by atoms with van der Waals surface area (Å²) < 4.78 is 14.6. The van der Waals surface area contributed by atoms with E-state index in [-0.39, 0.29) is 34.5 Å². The summed E-state index contributed by atoms with van der Waals surface area (Å²) in [6, 6.07) is 10.7. The summed E-state index contributed by atoms with van der Waals surface area (Å²) in [4.78, 5) is 45.9. The van der Waals surface area contributed by atoms with Crippen molar-refractivity contribution in [1.82, 2.24) is 19.4 Å². The lowest BCUT2D eigenvalue weighted by Gasteiger charge is -2.35. The summed E-state index contributed by atoms with van der Waals surface area (Å²) in [6.45, 7) is 2.89. The molecule has 4 rings (SSSR count). The van der Waals surface area contributed by atoms with Gasteiger partial charge in [0.2, 0.25) is 5.91 Å². The first-order valence-corrected chi connectivity index (χ1v) is 10.2. The van der Waals surface area contributed by atoms with Gasteiger partial charge in [-0.05, 0) is 37.3 Å². The Balaban J connectivity index is 1.44. The number of carbonyl (C=O) groups excluding carboxylic acids is 2. The van der Waals surface area contributed by atoms with Crippen LogP contribution in [0.3, 0.4) is 0 Å². The molecule has 0 atom stereocenters. The van der Waals surface area contributed by atoms with Crippen LogP contribution in [0, 0.1) is 12.7 Å². The second-order valence-electron chi connectivity index (χ2n) is 7.36. The van der Waals surface area contributed by atoms with E-state index in [0.717, 1.165) is 6.07 Å². The van der Waals surface area contributed by atoms with Crippen molar-refractivity contribution in [1.29, 1.82) is 0 Å². The Kier molecular flexibility index (Phi) is 5.73. The van der Waals surface area contributed by atoms with Gasteiger partial charge in [-0.2, -0.15) is 0 Å². The number of halogens is 2. The molecule has 31 heavy (non-hydrogen) atoms. The normalized spacial score (nSPS) is 14.2. The molecule has 1 fully saturated rings. The molecule has 0 bridgehead atoms. The van der Waals surface area contributed by atoms with Crippen molar-refractivity contribution in [3.05, 3.63) is 75.0 Å². The average Bonchev–Trinajstić information content (AvgIpc) is 2.76. The fraction of sp³-hybridized carbons (Fsp3) is 0.273. The number of hydrogen-bond donors (Lipinski definition) is 0. The zero-order chi connectivity index (χ0) is 22.1. The molecule has 0 aliphatic carbocycles. The van der Waals surface area contributed by atoms with Gasteiger partial charge >= 0.3 is 0 Å². The van der Waals surface area contributed by atoms with Crippen LogP contribution in [0.2, 0.25) is 5.02 Å². The third kappa shape index (κ3) is 4.16. The van der Waals surface area contributed by atoms with E-state index < -0.39 is 5.82 Å². The molecular formula is C22H20ClFN4O3. The maximum atomic E-state index is 13.2. The van der Waals surface area contributed by atoms with Crippen LogP contribution in [-0.4, -0.2) is 57.3 Å². The van der Waals surface area contributed by atoms with E-state index in [1.165, 1.54) is 16.7 Å². The minimum absolute atomic E-state index is 0.0576. The van der Waals surface area contributed by atoms with Gasteiger partial charge in [0.15, 0.2) is 0 Å². The van der Waals surface area contributed by atoms with E-state index in [9.17, 15) is 18.8 Å². The van der Waals surface area contributed by atoms with Gasteiger partial charge in [0.05, 0.1) is 21.5 Å². The van der Waals surface area contributed by atoms with Crippen LogP contribution in [0.25, 0.3) is 10.9 Å². The second kappa shape index (κ2) is 8.47. The molecule has 160 valence electrons. The molecule has 0 N–H and O–H groups in total. The zero-order valence-corrected chi connectivity index (χ0v) is 17.6. The van der Waals surface area contributed by atoms with E-state index in [2.05, 4.69) is 4.98 Å². The molecule has 0 saturated carbocycles. The summed E-state index contributed by atoms with van der Waals surface area (Å²) in [6.07, 6.45) is 0. The third-order valence-corrected chi connectivity index (χ3v) is 5.74. The Morgan fingerprint density at radius 1 is 1.06 bits per heavy atom. The van der Waals surface area contributed by atoms with E-state index in [0.29, 0.717) is 42.9 Å². The predicted molar refractivity (Wildman–Crippen MR) is 115 cm³/mol. The van der Waals surface area contributed by atoms with E-state index in [1.807, 2.05) is 6.07 Å². The topological polar surface area (TPSA) is 75.5 Å². The third-order valence-electron chi connectivity index (χ3n) is 5.43. The number of aryl methyl sites for hydroxylation is 1. The first-order valence-electron chi connectivity index (χ1n) is 9.83. The minimum Gasteiger partial charge on any atom is -0.338 e. The lowest BCUT2D eigenvalue weighted by Crippen LogP contribution is -2.51. The van der Waals surface area contributed by atoms with Crippen molar-refractivity contribution < 1.29 is 14.0 Å². The number of piperazine rings is 1. The highest BCUT2D eigenvalue weighted by atomic mass is 35.5. The molecule has 0 unspecified atom stereocenters. The highest BCUT2D eigenvalue weighted by molar-refractivity contribution is 6.33. The van der Waals surface area contributed by atoms with Gasteiger partial charge < -0.3 is 9.80 Å². The van der Waals surface area contributed by atoms with Gasteiger partial charge in [-0.3, -0.25) is 19.0 Å². The van der Waals surface area contributed by atoms with Crippen molar-refractivity contribution >= 4 is 34.3 Å². The smallest absolute Gasteiger partial charge is 0.261 e. The van der Waals surface area contributed by atoms with Crippen LogP contribution in [-0.2, 0) is 11.3 Å². The van der Waals surface area contributed by atoms with Crippen LogP contribution in [0.5, 0.6) is 0 Å². The Morgan fingerprint density at radius 2 is 1.74 bits per heavy atom. The molecule has 7 nitrogen and oxygen atoms in total. The Labute approximate surface area is 182 Å². The summed E-state index contributed by atoms with van der Waals surface area (Å²) in [5.74, 6) is -0.556. The molecule has 2 aromatic carbocycles. The molecule has 2 heterocycles. The van der Waals surface area contributed by atoms with Gasteiger partial charge in [0, 0.05) is 26.2 Å². The monoisotopic (exact) mass is 442 g/mol. The highest BCUT2D eigenvalue weighted by Gasteiger charge is 2.26. The van der Waals surface area contributed by atoms with Gasteiger partial charge in [-0.25, -0.2) is 9.37 Å². The Bertz CT molecular complexity index is 1240. The zero-order valence-electron chi connectivity index (χ0n) is 16.8. The number of carbonyl (C=O) groups is 2. The number of aromatic nitrogens is 2. The standard InChI is InChI=1S/C22H20ClFN4O3/c1-14-25-19-5-3-2-4-17(19)22(31)28(14)13-20(29)26-8-10-27(11-9-26)21(30)16-7-6-15(24)12-18(16)23/h2-7,12H,8-11,13H2,1H3. The van der Waals surface area contributed by atoms with Crippen molar-refractivity contribution in [2.75, 3.05) is 26.2 Å². The van der Waals surface area contributed by atoms with Gasteiger partial charge in [0.1, 0.15) is 18.2 Å². The van der Waals surface area contributed by atoms with Crippen LogP contribution in [0.4, 0.5) is 4.39 Å².